The Hall–Kier alpha value is -3.90. The standard InChI is InChI=1S/C30H34N4O7S/c1-33(2)42(39,40)32-27(35)18-9-11-21-24(13-18)34-16-30(31-28(36)29(37)38)15-23(30)22-14-19(41-3)10-12-20(22)26(34)25(21)17-7-5-4-6-8-17/h9-14,17,23H,4-8,15-16H2,1-3H3,(H,31,36)(H,32,35)(H,37,38). The van der Waals surface area contributed by atoms with E-state index in [0.29, 0.717) is 18.7 Å². The summed E-state index contributed by atoms with van der Waals surface area (Å²) in [5.74, 6) is -2.55. The van der Waals surface area contributed by atoms with Gasteiger partial charge in [0, 0.05) is 48.6 Å². The van der Waals surface area contributed by atoms with Crippen molar-refractivity contribution in [2.75, 3.05) is 21.2 Å². The van der Waals surface area contributed by atoms with E-state index in [1.807, 2.05) is 24.3 Å². The lowest BCUT2D eigenvalue weighted by molar-refractivity contribution is -0.150. The molecule has 0 spiro atoms. The normalized spacial score (nSPS) is 21.6. The predicted molar refractivity (Wildman–Crippen MR) is 156 cm³/mol. The number of ether oxygens (including phenoxy) is 1. The maximum Gasteiger partial charge on any atom is 0.394 e. The second-order valence-electron chi connectivity index (χ2n) is 11.8. The molecule has 2 atom stereocenters. The minimum absolute atomic E-state index is 0.128. The van der Waals surface area contributed by atoms with Gasteiger partial charge >= 0.3 is 22.1 Å². The minimum Gasteiger partial charge on any atom is -0.497 e. The number of rotatable bonds is 6. The van der Waals surface area contributed by atoms with E-state index in [0.717, 1.165) is 57.7 Å². The Labute approximate surface area is 244 Å². The van der Waals surface area contributed by atoms with Crippen molar-refractivity contribution in [1.29, 1.82) is 0 Å². The summed E-state index contributed by atoms with van der Waals surface area (Å²) in [6.07, 6.45) is 5.98. The van der Waals surface area contributed by atoms with Crippen molar-refractivity contribution in [1.82, 2.24) is 18.9 Å². The van der Waals surface area contributed by atoms with Crippen LogP contribution in [0.5, 0.6) is 5.75 Å². The number of aromatic nitrogens is 1. The Morgan fingerprint density at radius 2 is 1.81 bits per heavy atom. The molecule has 2 aliphatic carbocycles. The lowest BCUT2D eigenvalue weighted by atomic mass is 9.81. The minimum atomic E-state index is -4.00. The van der Waals surface area contributed by atoms with Crippen LogP contribution in [0.15, 0.2) is 36.4 Å². The zero-order valence-corrected chi connectivity index (χ0v) is 24.6. The number of amides is 2. The quantitative estimate of drug-likeness (QED) is 0.371. The van der Waals surface area contributed by atoms with Gasteiger partial charge in [-0.25, -0.2) is 9.52 Å². The summed E-state index contributed by atoms with van der Waals surface area (Å²) in [4.78, 5) is 37.2. The highest BCUT2D eigenvalue weighted by atomic mass is 32.2. The molecule has 3 aromatic rings. The molecule has 2 aromatic carbocycles. The number of methoxy groups -OCH3 is 1. The van der Waals surface area contributed by atoms with E-state index in [1.54, 1.807) is 19.2 Å². The largest absolute Gasteiger partial charge is 0.497 e. The fraction of sp³-hybridized carbons (Fsp3) is 0.433. The van der Waals surface area contributed by atoms with Crippen LogP contribution in [0.3, 0.4) is 0 Å². The molecule has 2 heterocycles. The monoisotopic (exact) mass is 594 g/mol. The van der Waals surface area contributed by atoms with Crippen LogP contribution in [0.25, 0.3) is 22.2 Å². The van der Waals surface area contributed by atoms with Gasteiger partial charge in [0.05, 0.1) is 18.3 Å². The van der Waals surface area contributed by atoms with Crippen LogP contribution >= 0.6 is 0 Å². The molecule has 222 valence electrons. The van der Waals surface area contributed by atoms with Crippen molar-refractivity contribution in [3.05, 3.63) is 53.1 Å². The number of aliphatic carboxylic acids is 1. The number of carbonyl (C=O) groups excluding carboxylic acids is 2. The molecule has 0 saturated heterocycles. The smallest absolute Gasteiger partial charge is 0.394 e. The lowest BCUT2D eigenvalue weighted by Gasteiger charge is -2.24. The molecule has 1 aliphatic heterocycles. The van der Waals surface area contributed by atoms with Crippen molar-refractivity contribution >= 4 is 38.9 Å². The van der Waals surface area contributed by atoms with E-state index in [9.17, 15) is 27.9 Å². The topological polar surface area (TPSA) is 147 Å². The first-order valence-electron chi connectivity index (χ1n) is 14.1. The second kappa shape index (κ2) is 10.1. The van der Waals surface area contributed by atoms with Crippen LogP contribution in [-0.4, -0.2) is 66.9 Å². The summed E-state index contributed by atoms with van der Waals surface area (Å²) < 4.78 is 35.5. The first-order valence-corrected chi connectivity index (χ1v) is 15.5. The van der Waals surface area contributed by atoms with E-state index in [2.05, 4.69) is 14.6 Å². The fourth-order valence-corrected chi connectivity index (χ4v) is 7.38. The van der Waals surface area contributed by atoms with E-state index in [1.165, 1.54) is 26.1 Å². The van der Waals surface area contributed by atoms with Crippen LogP contribution in [0.1, 0.15) is 71.8 Å². The third kappa shape index (κ3) is 4.62. The molecule has 3 aliphatic rings. The van der Waals surface area contributed by atoms with E-state index < -0.39 is 33.5 Å². The molecule has 2 unspecified atom stereocenters. The average Bonchev–Trinajstić information content (AvgIpc) is 3.59. The number of hydrogen-bond donors (Lipinski definition) is 3. The molecule has 2 fully saturated rings. The summed E-state index contributed by atoms with van der Waals surface area (Å²) in [5, 5.41) is 13.2. The van der Waals surface area contributed by atoms with Crippen molar-refractivity contribution in [3.63, 3.8) is 0 Å². The molecule has 3 N–H and O–H groups in total. The first kappa shape index (κ1) is 28.2. The molecule has 1 aromatic heterocycles. The number of carbonyl (C=O) groups is 3. The summed E-state index contributed by atoms with van der Waals surface area (Å²) in [7, 11) is 0.271. The van der Waals surface area contributed by atoms with Gasteiger partial charge in [-0.2, -0.15) is 12.7 Å². The van der Waals surface area contributed by atoms with Gasteiger partial charge in [0.15, 0.2) is 0 Å². The number of nitrogens with zero attached hydrogens (tertiary/aromatic N) is 2. The van der Waals surface area contributed by atoms with Crippen LogP contribution in [0.4, 0.5) is 0 Å². The molecule has 0 radical (unpaired) electrons. The third-order valence-corrected chi connectivity index (χ3v) is 10.4. The van der Waals surface area contributed by atoms with E-state index >= 15 is 0 Å². The molecule has 11 nitrogen and oxygen atoms in total. The summed E-state index contributed by atoms with van der Waals surface area (Å²) >= 11 is 0. The molecular weight excluding hydrogens is 560 g/mol. The van der Waals surface area contributed by atoms with Crippen LogP contribution in [0.2, 0.25) is 0 Å². The van der Waals surface area contributed by atoms with Crippen LogP contribution in [0, 0.1) is 0 Å². The Bertz CT molecular complexity index is 1740. The molecular formula is C30H34N4O7S. The van der Waals surface area contributed by atoms with Gasteiger partial charge in [-0.1, -0.05) is 25.3 Å². The third-order valence-electron chi connectivity index (χ3n) is 9.04. The lowest BCUT2D eigenvalue weighted by Crippen LogP contribution is -2.44. The maximum atomic E-state index is 13.1. The molecule has 42 heavy (non-hydrogen) atoms. The fourth-order valence-electron chi connectivity index (χ4n) is 6.84. The number of benzene rings is 2. The Morgan fingerprint density at radius 1 is 1.07 bits per heavy atom. The number of hydrogen-bond acceptors (Lipinski definition) is 6. The van der Waals surface area contributed by atoms with Gasteiger partial charge in [-0.15, -0.1) is 0 Å². The van der Waals surface area contributed by atoms with Gasteiger partial charge in [-0.05, 0) is 66.6 Å². The highest BCUT2D eigenvalue weighted by Gasteiger charge is 2.59. The Balaban J connectivity index is 1.59. The summed E-state index contributed by atoms with van der Waals surface area (Å²) in [6, 6.07) is 11.1. The second-order valence-corrected chi connectivity index (χ2v) is 13.6. The number of fused-ring (bicyclic) bond motifs is 7. The van der Waals surface area contributed by atoms with Crippen molar-refractivity contribution < 1.29 is 32.6 Å². The Morgan fingerprint density at radius 3 is 2.48 bits per heavy atom. The first-order chi connectivity index (χ1) is 20.0. The summed E-state index contributed by atoms with van der Waals surface area (Å²) in [5.41, 5.74) is 4.20. The van der Waals surface area contributed by atoms with Crippen LogP contribution < -0.4 is 14.8 Å². The van der Waals surface area contributed by atoms with E-state index in [-0.39, 0.29) is 17.4 Å². The molecule has 12 heteroatoms. The zero-order valence-electron chi connectivity index (χ0n) is 23.8. The SMILES string of the molecule is COc1ccc2c(c1)C1CC1(NC(=O)C(=O)O)Cn1c-2c(C2CCCCC2)c2ccc(C(=O)NS(=O)(=O)N(C)C)cc21. The summed E-state index contributed by atoms with van der Waals surface area (Å²) in [6.45, 7) is 0.299. The van der Waals surface area contributed by atoms with Gasteiger partial charge in [-0.3, -0.25) is 9.59 Å². The predicted octanol–water partition coefficient (Wildman–Crippen LogP) is 3.34. The average molecular weight is 595 g/mol. The van der Waals surface area contributed by atoms with Gasteiger partial charge in [0.1, 0.15) is 5.75 Å². The Kier molecular flexibility index (Phi) is 6.81. The van der Waals surface area contributed by atoms with E-state index in [4.69, 9.17) is 4.74 Å². The number of carboxylic acids is 1. The maximum absolute atomic E-state index is 13.1. The van der Waals surface area contributed by atoms with Gasteiger partial charge < -0.3 is 19.7 Å². The highest BCUT2D eigenvalue weighted by Crippen LogP contribution is 2.59. The van der Waals surface area contributed by atoms with Crippen molar-refractivity contribution in [3.8, 4) is 17.0 Å². The molecule has 2 amide bonds. The van der Waals surface area contributed by atoms with Gasteiger partial charge in [0.25, 0.3) is 5.91 Å². The van der Waals surface area contributed by atoms with Crippen molar-refractivity contribution in [2.45, 2.75) is 62.4 Å². The number of carboxylic acid groups (broad SMARTS) is 1. The molecule has 6 rings (SSSR count). The van der Waals surface area contributed by atoms with Crippen LogP contribution in [-0.2, 0) is 26.3 Å². The molecule has 2 saturated carbocycles. The van der Waals surface area contributed by atoms with Gasteiger partial charge in [0.2, 0.25) is 0 Å². The number of nitrogens with one attached hydrogen (secondary N) is 2. The highest BCUT2D eigenvalue weighted by molar-refractivity contribution is 7.87. The van der Waals surface area contributed by atoms with Crippen molar-refractivity contribution in [2.24, 2.45) is 0 Å². The zero-order chi connectivity index (χ0) is 30.0. The molecule has 0 bridgehead atoms.